The van der Waals surface area contributed by atoms with Crippen molar-refractivity contribution in [2.24, 2.45) is 0 Å². The molecule has 0 bridgehead atoms. The maximum absolute atomic E-state index is 2.46. The Morgan fingerprint density at radius 3 is 1.31 bits per heavy atom. The molecule has 0 atom stereocenters. The minimum Gasteiger partial charge on any atom is -0.310 e. The molecule has 280 valence electrons. The predicted octanol–water partition coefficient (Wildman–Crippen LogP) is 16.8. The average molecular weight is 792 g/mol. The van der Waals surface area contributed by atoms with Crippen LogP contribution in [-0.4, -0.2) is 0 Å². The summed E-state index contributed by atoms with van der Waals surface area (Å²) in [5, 5.41) is 5.00. The molecule has 0 spiro atoms. The van der Waals surface area contributed by atoms with E-state index in [0.717, 1.165) is 51.2 Å². The van der Waals surface area contributed by atoms with E-state index in [0.29, 0.717) is 0 Å². The molecule has 0 radical (unpaired) electrons. The lowest BCUT2D eigenvalue weighted by Gasteiger charge is -2.30. The summed E-state index contributed by atoms with van der Waals surface area (Å²) in [5.74, 6) is 0. The molecule has 0 unspecified atom stereocenters. The third kappa shape index (κ3) is 6.29. The highest BCUT2D eigenvalue weighted by atomic mass is 32.1. The zero-order valence-electron chi connectivity index (χ0n) is 32.0. The number of para-hydroxylation sites is 5. The fraction of sp³-hybridized carbons (Fsp3) is 0. The molecule has 0 saturated heterocycles. The molecule has 2 heterocycles. The Morgan fingerprint density at radius 2 is 0.729 bits per heavy atom. The Balaban J connectivity index is 1.15. The van der Waals surface area contributed by atoms with Gasteiger partial charge in [0, 0.05) is 75.5 Å². The van der Waals surface area contributed by atoms with Crippen LogP contribution >= 0.6 is 22.7 Å². The second kappa shape index (κ2) is 15.0. The van der Waals surface area contributed by atoms with Crippen molar-refractivity contribution >= 4 is 114 Å². The van der Waals surface area contributed by atoms with Gasteiger partial charge in [-0.1, -0.05) is 121 Å². The summed E-state index contributed by atoms with van der Waals surface area (Å²) in [6.07, 6.45) is 0. The van der Waals surface area contributed by atoms with Crippen LogP contribution in [0.15, 0.2) is 224 Å². The van der Waals surface area contributed by atoms with Gasteiger partial charge in [0.25, 0.3) is 0 Å². The first-order valence-electron chi connectivity index (χ1n) is 19.8. The van der Waals surface area contributed by atoms with Gasteiger partial charge in [-0.3, -0.25) is 0 Å². The minimum absolute atomic E-state index is 1.10. The predicted molar refractivity (Wildman–Crippen MR) is 256 cm³/mol. The molecule has 0 aliphatic heterocycles. The molecule has 0 amide bonds. The van der Waals surface area contributed by atoms with E-state index >= 15 is 0 Å². The van der Waals surface area contributed by atoms with Gasteiger partial charge in [0.1, 0.15) is 0 Å². The lowest BCUT2D eigenvalue weighted by molar-refractivity contribution is 1.27. The van der Waals surface area contributed by atoms with Crippen LogP contribution in [0.5, 0.6) is 0 Å². The molecule has 2 aromatic heterocycles. The van der Waals surface area contributed by atoms with Crippen molar-refractivity contribution in [2.75, 3.05) is 14.7 Å². The minimum atomic E-state index is 1.10. The van der Waals surface area contributed by atoms with Gasteiger partial charge in [0.05, 0.1) is 16.1 Å². The SMILES string of the molecule is c1ccc(N(c2ccccc2)c2ccc3sc4c(N(c5ccccc5)c5cc(N(c6ccccc6)c6ccccc6)c6c(c5)sc5ccccc56)cccc4c3c2)cc1. The van der Waals surface area contributed by atoms with Gasteiger partial charge >= 0.3 is 0 Å². The van der Waals surface area contributed by atoms with Gasteiger partial charge in [-0.15, -0.1) is 22.7 Å². The molecule has 11 aromatic rings. The molecule has 3 nitrogen and oxygen atoms in total. The van der Waals surface area contributed by atoms with Crippen LogP contribution in [-0.2, 0) is 0 Å². The number of rotatable bonds is 9. The number of fused-ring (bicyclic) bond motifs is 6. The first kappa shape index (κ1) is 35.0. The number of thiophene rings is 2. The molecular weight excluding hydrogens is 755 g/mol. The van der Waals surface area contributed by atoms with E-state index in [9.17, 15) is 0 Å². The smallest absolute Gasteiger partial charge is 0.0640 e. The highest BCUT2D eigenvalue weighted by Gasteiger charge is 2.24. The fourth-order valence-corrected chi connectivity index (χ4v) is 10.7. The van der Waals surface area contributed by atoms with Crippen molar-refractivity contribution in [1.29, 1.82) is 0 Å². The standard InChI is InChI=1S/C54H37N3S2/c1-6-19-38(20-7-1)55(39-21-8-2-9-22-39)43-33-34-51-47(35-43)45-30-18-31-48(54(45)59-51)57(42-27-14-5-15-28-42)44-36-49(53-46-29-16-17-32-50(46)58-52(53)37-44)56(40-23-10-3-11-24-40)41-25-12-4-13-26-41/h1-37H. The first-order valence-corrected chi connectivity index (χ1v) is 21.5. The molecular formula is C54H37N3S2. The second-order valence-corrected chi connectivity index (χ2v) is 16.7. The summed E-state index contributed by atoms with van der Waals surface area (Å²) in [5.41, 5.74) is 10.1. The monoisotopic (exact) mass is 791 g/mol. The zero-order chi connectivity index (χ0) is 39.1. The maximum atomic E-state index is 2.46. The van der Waals surface area contributed by atoms with E-state index in [4.69, 9.17) is 0 Å². The van der Waals surface area contributed by atoms with Crippen LogP contribution in [0.3, 0.4) is 0 Å². The van der Waals surface area contributed by atoms with Crippen LogP contribution in [0.25, 0.3) is 40.3 Å². The van der Waals surface area contributed by atoms with Crippen LogP contribution < -0.4 is 14.7 Å². The van der Waals surface area contributed by atoms with Crippen molar-refractivity contribution in [2.45, 2.75) is 0 Å². The molecule has 5 heteroatoms. The molecule has 59 heavy (non-hydrogen) atoms. The largest absolute Gasteiger partial charge is 0.310 e. The molecule has 0 aliphatic carbocycles. The average Bonchev–Trinajstić information content (AvgIpc) is 3.87. The van der Waals surface area contributed by atoms with E-state index in [1.54, 1.807) is 0 Å². The van der Waals surface area contributed by atoms with Gasteiger partial charge in [-0.25, -0.2) is 0 Å². The van der Waals surface area contributed by atoms with Gasteiger partial charge in [0.2, 0.25) is 0 Å². The summed E-state index contributed by atoms with van der Waals surface area (Å²) >= 11 is 3.72. The molecule has 0 fully saturated rings. The van der Waals surface area contributed by atoms with E-state index in [1.807, 2.05) is 22.7 Å². The second-order valence-electron chi connectivity index (χ2n) is 14.6. The number of anilines is 9. The van der Waals surface area contributed by atoms with Crippen LogP contribution in [0.2, 0.25) is 0 Å². The summed E-state index contributed by atoms with van der Waals surface area (Å²) in [7, 11) is 0. The van der Waals surface area contributed by atoms with Gasteiger partial charge < -0.3 is 14.7 Å². The quantitative estimate of drug-likeness (QED) is 0.144. The van der Waals surface area contributed by atoms with Crippen molar-refractivity contribution in [3.8, 4) is 0 Å². The number of hydrogen-bond acceptors (Lipinski definition) is 5. The Hall–Kier alpha value is -7.18. The van der Waals surface area contributed by atoms with E-state index < -0.39 is 0 Å². The highest BCUT2D eigenvalue weighted by Crippen LogP contribution is 2.51. The lowest BCUT2D eigenvalue weighted by atomic mass is 10.0. The molecule has 0 N–H and O–H groups in total. The summed E-state index contributed by atoms with van der Waals surface area (Å²) in [4.78, 5) is 7.22. The van der Waals surface area contributed by atoms with Crippen molar-refractivity contribution < 1.29 is 0 Å². The Kier molecular flexibility index (Phi) is 8.88. The number of benzene rings is 9. The first-order chi connectivity index (χ1) is 29.3. The van der Waals surface area contributed by atoms with Gasteiger partial charge in [-0.05, 0) is 103 Å². The molecule has 0 aliphatic rings. The van der Waals surface area contributed by atoms with E-state index in [1.165, 1.54) is 40.3 Å². The summed E-state index contributed by atoms with van der Waals surface area (Å²) in [6.45, 7) is 0. The lowest BCUT2D eigenvalue weighted by Crippen LogP contribution is -2.13. The molecule has 0 saturated carbocycles. The normalized spacial score (nSPS) is 11.4. The van der Waals surface area contributed by atoms with E-state index in [-0.39, 0.29) is 0 Å². The Morgan fingerprint density at radius 1 is 0.254 bits per heavy atom. The van der Waals surface area contributed by atoms with Crippen LogP contribution in [0.4, 0.5) is 51.2 Å². The van der Waals surface area contributed by atoms with Crippen LogP contribution in [0.1, 0.15) is 0 Å². The maximum Gasteiger partial charge on any atom is 0.0640 e. The topological polar surface area (TPSA) is 9.72 Å². The third-order valence-electron chi connectivity index (χ3n) is 11.0. The number of hydrogen-bond donors (Lipinski definition) is 0. The van der Waals surface area contributed by atoms with Crippen LogP contribution in [0, 0.1) is 0 Å². The fourth-order valence-electron chi connectivity index (χ4n) is 8.40. The summed E-state index contributed by atoms with van der Waals surface area (Å²) in [6, 6.07) is 80.9. The molecule has 11 rings (SSSR count). The Labute approximate surface area is 351 Å². The van der Waals surface area contributed by atoms with Crippen molar-refractivity contribution in [3.63, 3.8) is 0 Å². The third-order valence-corrected chi connectivity index (χ3v) is 13.3. The molecule has 9 aromatic carbocycles. The summed E-state index contributed by atoms with van der Waals surface area (Å²) < 4.78 is 5.02. The van der Waals surface area contributed by atoms with Gasteiger partial charge in [0.15, 0.2) is 0 Å². The Bertz CT molecular complexity index is 3140. The number of nitrogens with zero attached hydrogens (tertiary/aromatic N) is 3. The van der Waals surface area contributed by atoms with Crippen molar-refractivity contribution in [3.05, 3.63) is 224 Å². The zero-order valence-corrected chi connectivity index (χ0v) is 33.7. The van der Waals surface area contributed by atoms with E-state index in [2.05, 4.69) is 239 Å². The van der Waals surface area contributed by atoms with Crippen molar-refractivity contribution in [1.82, 2.24) is 0 Å². The highest BCUT2D eigenvalue weighted by molar-refractivity contribution is 7.26. The van der Waals surface area contributed by atoms with Gasteiger partial charge in [-0.2, -0.15) is 0 Å².